The first-order chi connectivity index (χ1) is 18.7. The van der Waals surface area contributed by atoms with Crippen molar-refractivity contribution in [3.05, 3.63) is 45.7 Å². The second kappa shape index (κ2) is 11.6. The van der Waals surface area contributed by atoms with Crippen LogP contribution in [0, 0.1) is 12.8 Å². The fraction of sp³-hybridized carbons (Fsp3) is 0.571. The van der Waals surface area contributed by atoms with Crippen molar-refractivity contribution in [2.24, 2.45) is 5.92 Å². The third-order valence-corrected chi connectivity index (χ3v) is 8.98. The minimum absolute atomic E-state index is 0.144. The molecule has 39 heavy (non-hydrogen) atoms. The van der Waals surface area contributed by atoms with Crippen LogP contribution in [0.4, 0.5) is 5.82 Å². The van der Waals surface area contributed by atoms with Crippen molar-refractivity contribution in [3.8, 4) is 0 Å². The van der Waals surface area contributed by atoms with Gasteiger partial charge in [-0.1, -0.05) is 36.2 Å². The summed E-state index contributed by atoms with van der Waals surface area (Å²) in [4.78, 5) is 26.2. The van der Waals surface area contributed by atoms with Crippen LogP contribution < -0.4 is 4.90 Å². The monoisotopic (exact) mass is 574 g/mol. The highest BCUT2D eigenvalue weighted by Gasteiger charge is 2.38. The van der Waals surface area contributed by atoms with Crippen LogP contribution >= 0.6 is 23.2 Å². The summed E-state index contributed by atoms with van der Waals surface area (Å²) in [6.45, 7) is 8.99. The van der Waals surface area contributed by atoms with E-state index in [1.54, 1.807) is 6.07 Å². The molecule has 0 aliphatic carbocycles. The molecule has 2 aliphatic rings. The van der Waals surface area contributed by atoms with Crippen LogP contribution in [0.1, 0.15) is 56.8 Å². The SMILES string of the molecule is COC(C[C@@H]1CCCN1C1CCN(c2cnc3c(C)nn([C@H](C)c4ccc(Cl)cc4Cl)c3n2)CC1C)C(=O)O. The molecule has 11 heteroatoms. The molecule has 2 fully saturated rings. The van der Waals surface area contributed by atoms with E-state index >= 15 is 0 Å². The summed E-state index contributed by atoms with van der Waals surface area (Å²) in [5.74, 6) is 0.344. The highest BCUT2D eigenvalue weighted by Crippen LogP contribution is 2.34. The topological polar surface area (TPSA) is 96.6 Å². The lowest BCUT2D eigenvalue weighted by atomic mass is 9.91. The normalized spacial score (nSPS) is 23.8. The molecule has 5 rings (SSSR count). The maximum atomic E-state index is 11.6. The van der Waals surface area contributed by atoms with E-state index in [1.165, 1.54) is 7.11 Å². The van der Waals surface area contributed by atoms with Gasteiger partial charge < -0.3 is 14.7 Å². The first-order valence-electron chi connectivity index (χ1n) is 13.6. The quantitative estimate of drug-likeness (QED) is 0.391. The number of halogens is 2. The summed E-state index contributed by atoms with van der Waals surface area (Å²) in [5.41, 5.74) is 3.26. The Bertz CT molecular complexity index is 1350. The van der Waals surface area contributed by atoms with Gasteiger partial charge in [0.1, 0.15) is 11.3 Å². The van der Waals surface area contributed by atoms with Crippen molar-refractivity contribution < 1.29 is 14.6 Å². The molecule has 0 bridgehead atoms. The second-order valence-electron chi connectivity index (χ2n) is 10.9. The molecule has 2 aromatic heterocycles. The minimum atomic E-state index is -0.886. The zero-order valence-electron chi connectivity index (χ0n) is 22.8. The number of benzene rings is 1. The number of aliphatic carboxylic acids is 1. The lowest BCUT2D eigenvalue weighted by Gasteiger charge is -2.44. The highest BCUT2D eigenvalue weighted by atomic mass is 35.5. The highest BCUT2D eigenvalue weighted by molar-refractivity contribution is 6.35. The van der Waals surface area contributed by atoms with Gasteiger partial charge in [0.05, 0.1) is 17.9 Å². The summed E-state index contributed by atoms with van der Waals surface area (Å²) in [7, 11) is 1.48. The molecule has 1 aromatic carbocycles. The Kier molecular flexibility index (Phi) is 8.33. The standard InChI is InChI=1S/C28H36Cl2N6O3/c1-16-15-34(11-9-23(16)35-10-5-6-20(35)13-24(39-4)28(37)38)25-14-31-26-17(2)33-36(27(26)32-25)18(3)21-8-7-19(29)12-22(21)30/h7-8,12,14,16,18,20,23-24H,5-6,9-11,13,15H2,1-4H3,(H,37,38)/t16?,18-,20+,23?,24?/m1/s1. The molecule has 3 aromatic rings. The Hall–Kier alpha value is -2.46. The fourth-order valence-electron chi connectivity index (χ4n) is 6.36. The summed E-state index contributed by atoms with van der Waals surface area (Å²) in [6, 6.07) is 6.00. The summed E-state index contributed by atoms with van der Waals surface area (Å²) in [5, 5.41) is 15.4. The van der Waals surface area contributed by atoms with Crippen molar-refractivity contribution in [3.63, 3.8) is 0 Å². The minimum Gasteiger partial charge on any atom is -0.479 e. The van der Waals surface area contributed by atoms with Gasteiger partial charge in [0, 0.05) is 42.3 Å². The third kappa shape index (κ3) is 5.59. The Morgan fingerprint density at radius 1 is 1.26 bits per heavy atom. The first-order valence-corrected chi connectivity index (χ1v) is 14.4. The van der Waals surface area contributed by atoms with Gasteiger partial charge in [-0.15, -0.1) is 0 Å². The average Bonchev–Trinajstić information content (AvgIpc) is 3.50. The number of hydrogen-bond acceptors (Lipinski definition) is 7. The number of carbonyl (C=O) groups is 1. The van der Waals surface area contributed by atoms with Gasteiger partial charge in [-0.25, -0.2) is 19.4 Å². The van der Waals surface area contributed by atoms with Crippen molar-refractivity contribution in [1.29, 1.82) is 0 Å². The molecule has 0 amide bonds. The van der Waals surface area contributed by atoms with Crippen LogP contribution in [-0.4, -0.2) is 80.7 Å². The number of hydrogen-bond donors (Lipinski definition) is 1. The van der Waals surface area contributed by atoms with E-state index in [-0.39, 0.29) is 12.1 Å². The van der Waals surface area contributed by atoms with Gasteiger partial charge in [0.25, 0.3) is 0 Å². The van der Waals surface area contributed by atoms with Crippen LogP contribution in [0.15, 0.2) is 24.4 Å². The number of rotatable bonds is 8. The number of aryl methyl sites for hydroxylation is 1. The molecule has 4 heterocycles. The molecule has 5 atom stereocenters. The molecule has 0 spiro atoms. The number of piperidine rings is 1. The molecular weight excluding hydrogens is 539 g/mol. The van der Waals surface area contributed by atoms with Crippen molar-refractivity contribution in [1.82, 2.24) is 24.6 Å². The number of carboxylic acid groups (broad SMARTS) is 1. The number of ether oxygens (including phenoxy) is 1. The van der Waals surface area contributed by atoms with Crippen molar-refractivity contribution in [2.45, 2.75) is 70.7 Å². The molecule has 0 radical (unpaired) electrons. The van der Waals surface area contributed by atoms with E-state index in [1.807, 2.05) is 36.9 Å². The van der Waals surface area contributed by atoms with Crippen LogP contribution in [-0.2, 0) is 9.53 Å². The molecule has 3 unspecified atom stereocenters. The van der Waals surface area contributed by atoms with Crippen LogP contribution in [0.25, 0.3) is 11.2 Å². The second-order valence-corrected chi connectivity index (χ2v) is 11.7. The van der Waals surface area contributed by atoms with E-state index in [4.69, 9.17) is 43.0 Å². The molecule has 2 saturated heterocycles. The molecule has 9 nitrogen and oxygen atoms in total. The Labute approximate surface area is 239 Å². The molecule has 2 aliphatic heterocycles. The summed E-state index contributed by atoms with van der Waals surface area (Å²) >= 11 is 12.6. The predicted octanol–water partition coefficient (Wildman–Crippen LogP) is 5.22. The number of fused-ring (bicyclic) bond motifs is 1. The van der Waals surface area contributed by atoms with Crippen LogP contribution in [0.3, 0.4) is 0 Å². The van der Waals surface area contributed by atoms with Gasteiger partial charge in [0.2, 0.25) is 0 Å². The van der Waals surface area contributed by atoms with E-state index in [2.05, 4.69) is 16.7 Å². The molecular formula is C28H36Cl2N6O3. The maximum absolute atomic E-state index is 11.6. The number of carboxylic acids is 1. The fourth-order valence-corrected chi connectivity index (χ4v) is 6.93. The smallest absolute Gasteiger partial charge is 0.332 e. The lowest BCUT2D eigenvalue weighted by Crippen LogP contribution is -2.52. The Balaban J connectivity index is 1.34. The van der Waals surface area contributed by atoms with Crippen LogP contribution in [0.5, 0.6) is 0 Å². The first kappa shape index (κ1) is 28.1. The maximum Gasteiger partial charge on any atom is 0.332 e. The number of anilines is 1. The Morgan fingerprint density at radius 2 is 2.05 bits per heavy atom. The van der Waals surface area contributed by atoms with Crippen molar-refractivity contribution >= 4 is 46.2 Å². The van der Waals surface area contributed by atoms with E-state index in [9.17, 15) is 9.90 Å². The van der Waals surface area contributed by atoms with Gasteiger partial charge in [-0.3, -0.25) is 4.90 Å². The van der Waals surface area contributed by atoms with Crippen molar-refractivity contribution in [2.75, 3.05) is 31.6 Å². The van der Waals surface area contributed by atoms with E-state index < -0.39 is 12.1 Å². The molecule has 210 valence electrons. The Morgan fingerprint density at radius 3 is 2.74 bits per heavy atom. The number of methoxy groups -OCH3 is 1. The van der Waals surface area contributed by atoms with Gasteiger partial charge in [-0.05, 0) is 69.7 Å². The van der Waals surface area contributed by atoms with Gasteiger partial charge >= 0.3 is 5.97 Å². The zero-order chi connectivity index (χ0) is 27.8. The average molecular weight is 576 g/mol. The van der Waals surface area contributed by atoms with Crippen LogP contribution in [0.2, 0.25) is 10.0 Å². The molecule has 0 saturated carbocycles. The van der Waals surface area contributed by atoms with Gasteiger partial charge in [-0.2, -0.15) is 5.10 Å². The predicted molar refractivity (Wildman–Crippen MR) is 153 cm³/mol. The zero-order valence-corrected chi connectivity index (χ0v) is 24.4. The molecule has 1 N–H and O–H groups in total. The summed E-state index contributed by atoms with van der Waals surface area (Å²) in [6.07, 6.45) is 4.71. The van der Waals surface area contributed by atoms with E-state index in [0.717, 1.165) is 67.1 Å². The van der Waals surface area contributed by atoms with Gasteiger partial charge in [0.15, 0.2) is 11.8 Å². The number of aromatic nitrogens is 4. The number of likely N-dealkylation sites (tertiary alicyclic amines) is 1. The third-order valence-electron chi connectivity index (χ3n) is 8.42. The number of nitrogens with zero attached hydrogens (tertiary/aromatic N) is 6. The van der Waals surface area contributed by atoms with E-state index in [0.29, 0.717) is 28.4 Å². The summed E-state index contributed by atoms with van der Waals surface area (Å²) < 4.78 is 7.14. The lowest BCUT2D eigenvalue weighted by molar-refractivity contribution is -0.149. The largest absolute Gasteiger partial charge is 0.479 e.